The third kappa shape index (κ3) is 5.47. The van der Waals surface area contributed by atoms with Crippen LogP contribution < -0.4 is 0 Å². The van der Waals surface area contributed by atoms with Crippen LogP contribution in [0.1, 0.15) is 84.5 Å². The zero-order valence-corrected chi connectivity index (χ0v) is 15.2. The van der Waals surface area contributed by atoms with E-state index in [2.05, 4.69) is 19.9 Å². The summed E-state index contributed by atoms with van der Waals surface area (Å²) in [5, 5.41) is 9.68. The second kappa shape index (κ2) is 9.64. The first kappa shape index (κ1) is 18.7. The molecule has 0 aromatic carbocycles. The Morgan fingerprint density at radius 3 is 2.26 bits per heavy atom. The van der Waals surface area contributed by atoms with Gasteiger partial charge in [0, 0.05) is 11.8 Å². The first-order valence-corrected chi connectivity index (χ1v) is 9.87. The molecule has 2 rings (SSSR count). The minimum Gasteiger partial charge on any atom is -0.352 e. The maximum absolute atomic E-state index is 9.68. The molecule has 2 fully saturated rings. The van der Waals surface area contributed by atoms with Crippen LogP contribution in [-0.4, -0.2) is 19.5 Å². The van der Waals surface area contributed by atoms with Gasteiger partial charge in [0.15, 0.2) is 6.29 Å². The smallest absolute Gasteiger partial charge is 0.160 e. The lowest BCUT2D eigenvalue weighted by Gasteiger charge is -2.40. The van der Waals surface area contributed by atoms with Crippen molar-refractivity contribution in [1.82, 2.24) is 0 Å². The highest BCUT2D eigenvalue weighted by Gasteiger charge is 2.39. The molecule has 2 aliphatic rings. The molecule has 3 heteroatoms. The van der Waals surface area contributed by atoms with Crippen LogP contribution in [0, 0.1) is 28.6 Å². The van der Waals surface area contributed by atoms with Crippen LogP contribution in [0.3, 0.4) is 0 Å². The van der Waals surface area contributed by atoms with Gasteiger partial charge in [0.1, 0.15) is 0 Å². The molecule has 1 aliphatic heterocycles. The molecule has 0 aromatic heterocycles. The van der Waals surface area contributed by atoms with E-state index < -0.39 is 0 Å². The number of rotatable bonds is 8. The monoisotopic (exact) mass is 321 g/mol. The molecular formula is C20H35NO2. The number of nitrogens with zero attached hydrogens (tertiary/aromatic N) is 1. The zero-order chi connectivity index (χ0) is 16.5. The number of unbranched alkanes of at least 4 members (excludes halogenated alkanes) is 3. The summed E-state index contributed by atoms with van der Waals surface area (Å²) in [6.07, 6.45) is 12.8. The molecule has 1 aliphatic carbocycles. The highest BCUT2D eigenvalue weighted by atomic mass is 16.7. The molecule has 23 heavy (non-hydrogen) atoms. The van der Waals surface area contributed by atoms with Crippen molar-refractivity contribution in [3.05, 3.63) is 0 Å². The van der Waals surface area contributed by atoms with Gasteiger partial charge in [-0.15, -0.1) is 0 Å². The fourth-order valence-corrected chi connectivity index (χ4v) is 4.18. The summed E-state index contributed by atoms with van der Waals surface area (Å²) in [5.41, 5.74) is -0.0658. The van der Waals surface area contributed by atoms with Gasteiger partial charge in [0.05, 0.1) is 24.7 Å². The zero-order valence-electron chi connectivity index (χ0n) is 15.2. The Morgan fingerprint density at radius 2 is 1.70 bits per heavy atom. The average Bonchev–Trinajstić information content (AvgIpc) is 2.60. The summed E-state index contributed by atoms with van der Waals surface area (Å²) >= 11 is 0. The van der Waals surface area contributed by atoms with Crippen LogP contribution in [0.2, 0.25) is 0 Å². The van der Waals surface area contributed by atoms with Gasteiger partial charge >= 0.3 is 0 Å². The molecule has 1 saturated carbocycles. The molecule has 1 saturated heterocycles. The first-order chi connectivity index (χ1) is 11.2. The number of ether oxygens (including phenoxy) is 2. The minimum atomic E-state index is -0.0658. The number of nitriles is 1. The standard InChI is InChI=1S/C20H35NO2/c1-3-5-6-7-11-20(16-21)12-9-18(10-13-20)19-22-14-17(8-4-2)15-23-19/h17-19H,3-15H2,1-2H3. The number of hydrogen-bond donors (Lipinski definition) is 0. The Kier molecular flexibility index (Phi) is 7.86. The fraction of sp³-hybridized carbons (Fsp3) is 0.950. The van der Waals surface area contributed by atoms with Crippen molar-refractivity contribution >= 4 is 0 Å². The van der Waals surface area contributed by atoms with Crippen LogP contribution >= 0.6 is 0 Å². The molecule has 0 spiro atoms. The molecular weight excluding hydrogens is 286 g/mol. The lowest BCUT2D eigenvalue weighted by Crippen LogP contribution is -2.40. The Labute approximate surface area is 142 Å². The largest absolute Gasteiger partial charge is 0.352 e. The van der Waals surface area contributed by atoms with Crippen molar-refractivity contribution in [1.29, 1.82) is 5.26 Å². The van der Waals surface area contributed by atoms with Gasteiger partial charge in [0.2, 0.25) is 0 Å². The molecule has 0 bridgehead atoms. The summed E-state index contributed by atoms with van der Waals surface area (Å²) in [6.45, 7) is 6.17. The van der Waals surface area contributed by atoms with Crippen molar-refractivity contribution in [2.24, 2.45) is 17.3 Å². The first-order valence-electron chi connectivity index (χ1n) is 9.87. The van der Waals surface area contributed by atoms with E-state index in [1.54, 1.807) is 0 Å². The Balaban J connectivity index is 1.73. The highest BCUT2D eigenvalue weighted by molar-refractivity contribution is 5.01. The van der Waals surface area contributed by atoms with Gasteiger partial charge in [-0.3, -0.25) is 0 Å². The van der Waals surface area contributed by atoms with E-state index in [-0.39, 0.29) is 11.7 Å². The molecule has 132 valence electrons. The van der Waals surface area contributed by atoms with Crippen molar-refractivity contribution in [3.8, 4) is 6.07 Å². The van der Waals surface area contributed by atoms with Crippen molar-refractivity contribution in [3.63, 3.8) is 0 Å². The molecule has 0 amide bonds. The van der Waals surface area contributed by atoms with E-state index in [1.165, 1.54) is 38.5 Å². The van der Waals surface area contributed by atoms with Crippen molar-refractivity contribution in [2.75, 3.05) is 13.2 Å². The Hall–Kier alpha value is -0.590. The summed E-state index contributed by atoms with van der Waals surface area (Å²) in [4.78, 5) is 0. The van der Waals surface area contributed by atoms with Gasteiger partial charge in [0.25, 0.3) is 0 Å². The molecule has 0 atom stereocenters. The Bertz CT molecular complexity index is 360. The molecule has 0 unspecified atom stereocenters. The lowest BCUT2D eigenvalue weighted by molar-refractivity contribution is -0.231. The SMILES string of the molecule is CCCCCCC1(C#N)CCC(C2OCC(CCC)CO2)CC1. The van der Waals surface area contributed by atoms with Gasteiger partial charge < -0.3 is 9.47 Å². The lowest BCUT2D eigenvalue weighted by atomic mass is 9.68. The predicted molar refractivity (Wildman–Crippen MR) is 92.9 cm³/mol. The van der Waals surface area contributed by atoms with E-state index in [0.29, 0.717) is 11.8 Å². The van der Waals surface area contributed by atoms with Crippen molar-refractivity contribution in [2.45, 2.75) is 90.8 Å². The topological polar surface area (TPSA) is 42.2 Å². The molecule has 0 radical (unpaired) electrons. The van der Waals surface area contributed by atoms with Gasteiger partial charge in [-0.25, -0.2) is 0 Å². The normalized spacial score (nSPS) is 34.9. The number of hydrogen-bond acceptors (Lipinski definition) is 3. The van der Waals surface area contributed by atoms with E-state index in [0.717, 1.165) is 45.3 Å². The van der Waals surface area contributed by atoms with Gasteiger partial charge in [-0.05, 0) is 38.5 Å². The summed E-state index contributed by atoms with van der Waals surface area (Å²) in [7, 11) is 0. The quantitative estimate of drug-likeness (QED) is 0.558. The van der Waals surface area contributed by atoms with Crippen LogP contribution in [0.5, 0.6) is 0 Å². The summed E-state index contributed by atoms with van der Waals surface area (Å²) < 4.78 is 12.0. The third-order valence-corrected chi connectivity index (χ3v) is 5.81. The van der Waals surface area contributed by atoms with Gasteiger partial charge in [-0.1, -0.05) is 46.0 Å². The third-order valence-electron chi connectivity index (χ3n) is 5.81. The van der Waals surface area contributed by atoms with Crippen LogP contribution in [0.15, 0.2) is 0 Å². The maximum Gasteiger partial charge on any atom is 0.160 e. The second-order valence-electron chi connectivity index (χ2n) is 7.73. The van der Waals surface area contributed by atoms with Gasteiger partial charge in [-0.2, -0.15) is 5.26 Å². The Morgan fingerprint density at radius 1 is 1.00 bits per heavy atom. The second-order valence-corrected chi connectivity index (χ2v) is 7.73. The fourth-order valence-electron chi connectivity index (χ4n) is 4.18. The molecule has 0 N–H and O–H groups in total. The summed E-state index contributed by atoms with van der Waals surface area (Å²) in [5.74, 6) is 1.08. The minimum absolute atomic E-state index is 0.0140. The van der Waals surface area contributed by atoms with Crippen LogP contribution in [0.4, 0.5) is 0 Å². The van der Waals surface area contributed by atoms with E-state index in [1.807, 2.05) is 0 Å². The maximum atomic E-state index is 9.68. The van der Waals surface area contributed by atoms with Crippen LogP contribution in [-0.2, 0) is 9.47 Å². The van der Waals surface area contributed by atoms with E-state index in [9.17, 15) is 5.26 Å². The highest BCUT2D eigenvalue weighted by Crippen LogP contribution is 2.44. The molecule has 0 aromatic rings. The predicted octanol–water partition coefficient (Wildman–Crippen LogP) is 5.45. The average molecular weight is 322 g/mol. The van der Waals surface area contributed by atoms with Crippen molar-refractivity contribution < 1.29 is 9.47 Å². The summed E-state index contributed by atoms with van der Waals surface area (Å²) in [6, 6.07) is 2.66. The van der Waals surface area contributed by atoms with E-state index >= 15 is 0 Å². The molecule has 1 heterocycles. The van der Waals surface area contributed by atoms with Crippen LogP contribution in [0.25, 0.3) is 0 Å². The molecule has 3 nitrogen and oxygen atoms in total. The van der Waals surface area contributed by atoms with E-state index in [4.69, 9.17) is 9.47 Å².